The lowest BCUT2D eigenvalue weighted by atomic mass is 9.83. The van der Waals surface area contributed by atoms with E-state index < -0.39 is 0 Å². The predicted octanol–water partition coefficient (Wildman–Crippen LogP) is 3.89. The Bertz CT molecular complexity index is 937. The lowest BCUT2D eigenvalue weighted by Crippen LogP contribution is -2.44. The zero-order chi connectivity index (χ0) is 18.2. The van der Waals surface area contributed by atoms with Crippen molar-refractivity contribution in [1.82, 2.24) is 25.3 Å². The summed E-state index contributed by atoms with van der Waals surface area (Å²) < 4.78 is 7.00. The number of hydrogen-bond donors (Lipinski definition) is 1. The fraction of sp³-hybridized carbons (Fsp3) is 0.450. The summed E-state index contributed by atoms with van der Waals surface area (Å²) in [6.07, 6.45) is 6.37. The molecule has 148 valence electrons. The molecule has 1 saturated heterocycles. The van der Waals surface area contributed by atoms with Crippen molar-refractivity contribution in [3.05, 3.63) is 53.1 Å². The largest absolute Gasteiger partial charge is 0.339 e. The van der Waals surface area contributed by atoms with Crippen molar-refractivity contribution >= 4 is 34.0 Å². The molecule has 28 heavy (non-hydrogen) atoms. The molecule has 3 aromatic rings. The molecule has 1 N–H and O–H groups in total. The van der Waals surface area contributed by atoms with E-state index in [2.05, 4.69) is 52.8 Å². The first-order valence-corrected chi connectivity index (χ1v) is 10.4. The van der Waals surface area contributed by atoms with Gasteiger partial charge in [0, 0.05) is 25.6 Å². The van der Waals surface area contributed by atoms with E-state index in [1.165, 1.54) is 9.71 Å². The van der Waals surface area contributed by atoms with Crippen LogP contribution in [0.25, 0.3) is 10.2 Å². The number of likely N-dealkylation sites (N-methyl/N-ethyl adjacent to an activating group) is 1. The third-order valence-electron chi connectivity index (χ3n) is 5.64. The average molecular weight is 418 g/mol. The number of aromatic nitrogens is 3. The summed E-state index contributed by atoms with van der Waals surface area (Å²) >= 11 is 1.78. The van der Waals surface area contributed by atoms with Gasteiger partial charge in [-0.2, -0.15) is 4.98 Å². The molecule has 1 aliphatic carbocycles. The molecule has 3 heterocycles. The summed E-state index contributed by atoms with van der Waals surface area (Å²) in [6.45, 7) is 2.86. The summed E-state index contributed by atoms with van der Waals surface area (Å²) in [4.78, 5) is 12.0. The number of fused-ring (bicyclic) bond motifs is 1. The highest BCUT2D eigenvalue weighted by Crippen LogP contribution is 2.43. The van der Waals surface area contributed by atoms with Crippen molar-refractivity contribution in [3.63, 3.8) is 0 Å². The van der Waals surface area contributed by atoms with Crippen LogP contribution in [0.2, 0.25) is 0 Å². The zero-order valence-electron chi connectivity index (χ0n) is 15.7. The molecule has 3 unspecified atom stereocenters. The van der Waals surface area contributed by atoms with E-state index in [0.717, 1.165) is 49.7 Å². The molecular weight excluding hydrogens is 394 g/mol. The Balaban J connectivity index is 0.00000192. The van der Waals surface area contributed by atoms with Crippen molar-refractivity contribution in [2.75, 3.05) is 26.7 Å². The smallest absolute Gasteiger partial charge is 0.230 e. The number of piperazine rings is 1. The van der Waals surface area contributed by atoms with Gasteiger partial charge < -0.3 is 9.84 Å². The lowest BCUT2D eigenvalue weighted by molar-refractivity contribution is 0.190. The molecule has 0 saturated carbocycles. The van der Waals surface area contributed by atoms with Crippen LogP contribution in [0.3, 0.4) is 0 Å². The third kappa shape index (κ3) is 3.59. The molecule has 2 aliphatic rings. The Labute approximate surface area is 174 Å². The Kier molecular flexibility index (Phi) is 5.78. The number of halogens is 1. The van der Waals surface area contributed by atoms with E-state index in [9.17, 15) is 0 Å². The van der Waals surface area contributed by atoms with Crippen LogP contribution in [0, 0.1) is 0 Å². The molecule has 0 radical (unpaired) electrons. The SMILES string of the molecule is CN1CCNCC1c1noc(C2CC=CCC2c2nc3ccccc3s2)n1.Cl. The number of para-hydroxylation sites is 1. The van der Waals surface area contributed by atoms with Gasteiger partial charge in [0.05, 0.1) is 27.2 Å². The van der Waals surface area contributed by atoms with Gasteiger partial charge in [0.25, 0.3) is 0 Å². The van der Waals surface area contributed by atoms with Gasteiger partial charge in [0.1, 0.15) is 0 Å². The van der Waals surface area contributed by atoms with E-state index in [0.29, 0.717) is 5.92 Å². The number of nitrogens with one attached hydrogen (secondary N) is 1. The molecule has 1 aliphatic heterocycles. The second-order valence-corrected chi connectivity index (χ2v) is 8.43. The Hall–Kier alpha value is -1.80. The average Bonchev–Trinajstić information content (AvgIpc) is 3.35. The minimum Gasteiger partial charge on any atom is -0.339 e. The molecule has 2 aromatic heterocycles. The normalized spacial score (nSPS) is 25.7. The molecule has 0 spiro atoms. The summed E-state index contributed by atoms with van der Waals surface area (Å²) in [5, 5.41) is 8.91. The predicted molar refractivity (Wildman–Crippen MR) is 113 cm³/mol. The number of benzene rings is 1. The maximum Gasteiger partial charge on any atom is 0.230 e. The number of thiazole rings is 1. The second kappa shape index (κ2) is 8.29. The molecule has 8 heteroatoms. The summed E-state index contributed by atoms with van der Waals surface area (Å²) in [5.74, 6) is 2.02. The number of allylic oxidation sites excluding steroid dienone is 2. The molecule has 1 fully saturated rings. The van der Waals surface area contributed by atoms with E-state index in [1.807, 2.05) is 6.07 Å². The minimum atomic E-state index is 0. The van der Waals surface area contributed by atoms with Gasteiger partial charge in [-0.15, -0.1) is 23.7 Å². The van der Waals surface area contributed by atoms with E-state index in [-0.39, 0.29) is 24.4 Å². The van der Waals surface area contributed by atoms with Crippen LogP contribution in [-0.4, -0.2) is 46.7 Å². The Morgan fingerprint density at radius 2 is 1.96 bits per heavy atom. The topological polar surface area (TPSA) is 67.1 Å². The first-order valence-electron chi connectivity index (χ1n) is 9.54. The summed E-state index contributed by atoms with van der Waals surface area (Å²) in [5.41, 5.74) is 1.08. The summed E-state index contributed by atoms with van der Waals surface area (Å²) in [6, 6.07) is 8.52. The van der Waals surface area contributed by atoms with Crippen LogP contribution in [0.5, 0.6) is 0 Å². The van der Waals surface area contributed by atoms with Crippen molar-refractivity contribution in [2.24, 2.45) is 0 Å². The van der Waals surface area contributed by atoms with Crippen LogP contribution in [0.15, 0.2) is 40.9 Å². The lowest BCUT2D eigenvalue weighted by Gasteiger charge is -2.30. The molecule has 5 rings (SSSR count). The van der Waals surface area contributed by atoms with Gasteiger partial charge in [-0.3, -0.25) is 4.90 Å². The highest BCUT2D eigenvalue weighted by Gasteiger charge is 2.34. The van der Waals surface area contributed by atoms with E-state index in [4.69, 9.17) is 14.5 Å². The van der Waals surface area contributed by atoms with Gasteiger partial charge >= 0.3 is 0 Å². The first-order chi connectivity index (χ1) is 13.3. The number of hydrogen-bond acceptors (Lipinski definition) is 7. The quantitative estimate of drug-likeness (QED) is 0.652. The number of nitrogens with zero attached hydrogens (tertiary/aromatic N) is 4. The van der Waals surface area contributed by atoms with Crippen molar-refractivity contribution in [3.8, 4) is 0 Å². The standard InChI is InChI=1S/C20H23N5OS.ClH/c1-25-11-10-21-12-16(25)18-23-19(26-24-18)13-6-2-3-7-14(13)20-22-15-8-4-5-9-17(15)27-20;/h2-5,8-9,13-14,16,21H,6-7,10-12H2,1H3;1H. The maximum atomic E-state index is 5.76. The molecule has 6 nitrogen and oxygen atoms in total. The van der Waals surface area contributed by atoms with Crippen LogP contribution in [0.1, 0.15) is 47.4 Å². The second-order valence-electron chi connectivity index (χ2n) is 7.37. The Morgan fingerprint density at radius 1 is 1.14 bits per heavy atom. The molecule has 3 atom stereocenters. The first kappa shape index (κ1) is 19.5. The monoisotopic (exact) mass is 417 g/mol. The van der Waals surface area contributed by atoms with Crippen LogP contribution >= 0.6 is 23.7 Å². The van der Waals surface area contributed by atoms with Gasteiger partial charge in [0.2, 0.25) is 5.89 Å². The molecule has 0 bridgehead atoms. The van der Waals surface area contributed by atoms with Gasteiger partial charge in [0.15, 0.2) is 5.82 Å². The van der Waals surface area contributed by atoms with Crippen LogP contribution < -0.4 is 5.32 Å². The highest BCUT2D eigenvalue weighted by molar-refractivity contribution is 7.18. The fourth-order valence-electron chi connectivity index (χ4n) is 4.04. The number of rotatable bonds is 3. The molecular formula is C20H24ClN5OS. The Morgan fingerprint density at radius 3 is 2.79 bits per heavy atom. The van der Waals surface area contributed by atoms with Crippen molar-refractivity contribution in [2.45, 2.75) is 30.7 Å². The van der Waals surface area contributed by atoms with Crippen molar-refractivity contribution in [1.29, 1.82) is 0 Å². The zero-order valence-corrected chi connectivity index (χ0v) is 17.4. The molecule has 0 amide bonds. The van der Waals surface area contributed by atoms with Crippen molar-refractivity contribution < 1.29 is 4.52 Å². The highest BCUT2D eigenvalue weighted by atomic mass is 35.5. The maximum absolute atomic E-state index is 5.76. The molecule has 1 aromatic carbocycles. The fourth-order valence-corrected chi connectivity index (χ4v) is 5.18. The van der Waals surface area contributed by atoms with Gasteiger partial charge in [-0.25, -0.2) is 4.98 Å². The minimum absolute atomic E-state index is 0. The van der Waals surface area contributed by atoms with E-state index in [1.54, 1.807) is 11.3 Å². The van der Waals surface area contributed by atoms with Gasteiger partial charge in [-0.05, 0) is 32.0 Å². The van der Waals surface area contributed by atoms with Crippen LogP contribution in [0.4, 0.5) is 0 Å². The van der Waals surface area contributed by atoms with E-state index >= 15 is 0 Å². The third-order valence-corrected chi connectivity index (χ3v) is 6.81. The van der Waals surface area contributed by atoms with Crippen LogP contribution in [-0.2, 0) is 0 Å². The van der Waals surface area contributed by atoms with Gasteiger partial charge in [-0.1, -0.05) is 29.4 Å². The summed E-state index contributed by atoms with van der Waals surface area (Å²) in [7, 11) is 2.12.